The van der Waals surface area contributed by atoms with Gasteiger partial charge in [0.1, 0.15) is 5.75 Å². The second-order valence-electron chi connectivity index (χ2n) is 6.45. The standard InChI is InChI=1S/C22H26N2O4S.ClH/c1-15(25)28-20-21(16-9-11-17(27-4)12-10-16)29-19-8-6-5-7-18(19)24(22(20)26)14-13-23(2)3;/h5-12,20-21H,13-14H2,1-4H3;1H/t20-,21+;/m1./s1/i2D3,3D3;. The van der Waals surface area contributed by atoms with E-state index in [4.69, 9.17) is 17.7 Å². The Balaban J connectivity index is 0.00000456. The molecule has 0 fully saturated rings. The van der Waals surface area contributed by atoms with Crippen LogP contribution in [-0.2, 0) is 14.3 Å². The third-order valence-electron chi connectivity index (χ3n) is 4.48. The molecule has 1 aliphatic heterocycles. The highest BCUT2D eigenvalue weighted by molar-refractivity contribution is 7.99. The largest absolute Gasteiger partial charge is 0.497 e. The van der Waals surface area contributed by atoms with Gasteiger partial charge in [-0.05, 0) is 43.8 Å². The first-order valence-corrected chi connectivity index (χ1v) is 9.87. The molecule has 6 nitrogen and oxygen atoms in total. The third-order valence-corrected chi connectivity index (χ3v) is 5.85. The van der Waals surface area contributed by atoms with Crippen molar-refractivity contribution in [1.29, 1.82) is 0 Å². The summed E-state index contributed by atoms with van der Waals surface area (Å²) in [6.07, 6.45) is -1.23. The van der Waals surface area contributed by atoms with Crippen LogP contribution >= 0.6 is 24.2 Å². The monoisotopic (exact) mass is 456 g/mol. The van der Waals surface area contributed by atoms with Crippen LogP contribution in [0.1, 0.15) is 26.0 Å². The summed E-state index contributed by atoms with van der Waals surface area (Å²) in [4.78, 5) is 28.1. The minimum Gasteiger partial charge on any atom is -0.497 e. The van der Waals surface area contributed by atoms with Crippen molar-refractivity contribution < 1.29 is 27.3 Å². The van der Waals surface area contributed by atoms with Crippen LogP contribution in [0.15, 0.2) is 53.4 Å². The summed E-state index contributed by atoms with van der Waals surface area (Å²) in [7, 11) is 1.54. The first-order chi connectivity index (χ1) is 16.3. The number of rotatable bonds is 6. The Bertz CT molecular complexity index is 1050. The minimum atomic E-state index is -2.89. The van der Waals surface area contributed by atoms with Gasteiger partial charge in [-0.1, -0.05) is 24.3 Å². The van der Waals surface area contributed by atoms with Gasteiger partial charge in [-0.3, -0.25) is 9.59 Å². The summed E-state index contributed by atoms with van der Waals surface area (Å²) in [5.41, 5.74) is 1.20. The number of fused-ring (bicyclic) bond motifs is 1. The molecular weight excluding hydrogens is 424 g/mol. The predicted molar refractivity (Wildman–Crippen MR) is 122 cm³/mol. The second kappa shape index (κ2) is 10.7. The zero-order valence-electron chi connectivity index (χ0n) is 22.5. The van der Waals surface area contributed by atoms with Crippen molar-refractivity contribution in [2.45, 2.75) is 23.2 Å². The number of methoxy groups -OCH3 is 1. The van der Waals surface area contributed by atoms with Crippen molar-refractivity contribution in [3.05, 3.63) is 54.1 Å². The van der Waals surface area contributed by atoms with Gasteiger partial charge in [0.2, 0.25) is 0 Å². The molecule has 2 aromatic rings. The number of hydrogen-bond acceptors (Lipinski definition) is 6. The van der Waals surface area contributed by atoms with Gasteiger partial charge in [-0.2, -0.15) is 0 Å². The van der Waals surface area contributed by atoms with Crippen molar-refractivity contribution in [3.8, 4) is 5.75 Å². The van der Waals surface area contributed by atoms with Gasteiger partial charge >= 0.3 is 5.97 Å². The van der Waals surface area contributed by atoms with E-state index in [0.29, 0.717) is 21.2 Å². The second-order valence-corrected chi connectivity index (χ2v) is 7.63. The molecule has 0 saturated heterocycles. The summed E-state index contributed by atoms with van der Waals surface area (Å²) < 4.78 is 56.4. The molecule has 0 aromatic heterocycles. The fourth-order valence-electron chi connectivity index (χ4n) is 3.14. The van der Waals surface area contributed by atoms with Crippen LogP contribution in [0.2, 0.25) is 0 Å². The predicted octanol–water partition coefficient (Wildman–Crippen LogP) is 3.79. The van der Waals surface area contributed by atoms with Crippen LogP contribution < -0.4 is 9.64 Å². The number of carbonyl (C=O) groups excluding carboxylic acids is 2. The van der Waals surface area contributed by atoms with E-state index in [1.54, 1.807) is 48.5 Å². The fraction of sp³-hybridized carbons (Fsp3) is 0.364. The molecule has 2 atom stereocenters. The van der Waals surface area contributed by atoms with Crippen LogP contribution in [0.3, 0.4) is 0 Å². The first kappa shape index (κ1) is 16.5. The quantitative estimate of drug-likeness (QED) is 0.616. The van der Waals surface area contributed by atoms with Crippen LogP contribution in [0.5, 0.6) is 5.75 Å². The zero-order chi connectivity index (χ0) is 26.0. The smallest absolute Gasteiger partial charge is 0.303 e. The molecule has 1 amide bonds. The molecule has 3 rings (SSSR count). The average Bonchev–Trinajstić information content (AvgIpc) is 2.87. The number of halogens is 1. The van der Waals surface area contributed by atoms with E-state index in [1.807, 2.05) is 0 Å². The normalized spacial score (nSPS) is 22.1. The van der Waals surface area contributed by atoms with Gasteiger partial charge in [0, 0.05) is 33.1 Å². The maximum atomic E-state index is 13.8. The molecule has 8 heteroatoms. The van der Waals surface area contributed by atoms with Crippen molar-refractivity contribution in [2.75, 3.05) is 39.1 Å². The van der Waals surface area contributed by atoms with E-state index < -0.39 is 43.7 Å². The lowest BCUT2D eigenvalue weighted by Crippen LogP contribution is -2.45. The number of para-hydroxylation sites is 1. The SMILES string of the molecule is Cl.[2H]C([2H])([2H])N(CCN1C(=O)[C@H](OC(C)=O)[C@H](c2ccc(OC)cc2)Sc2ccccc21)C([2H])([2H])[2H]. The summed E-state index contributed by atoms with van der Waals surface area (Å²) in [6.45, 7) is -5.26. The number of nitrogens with zero attached hydrogens (tertiary/aromatic N) is 2. The van der Waals surface area contributed by atoms with Gasteiger partial charge in [0.25, 0.3) is 5.91 Å². The molecule has 1 heterocycles. The van der Waals surface area contributed by atoms with Gasteiger partial charge in [0.15, 0.2) is 6.10 Å². The van der Waals surface area contributed by atoms with Crippen LogP contribution in [0, 0.1) is 0 Å². The number of benzene rings is 2. The van der Waals surface area contributed by atoms with Gasteiger partial charge in [-0.25, -0.2) is 0 Å². The number of hydrogen-bond donors (Lipinski definition) is 0. The molecule has 2 aromatic carbocycles. The molecule has 0 saturated carbocycles. The van der Waals surface area contributed by atoms with Crippen LogP contribution in [0.4, 0.5) is 5.69 Å². The average molecular weight is 457 g/mol. The minimum absolute atomic E-state index is 0. The molecule has 0 spiro atoms. The highest BCUT2D eigenvalue weighted by atomic mass is 35.5. The lowest BCUT2D eigenvalue weighted by atomic mass is 10.1. The first-order valence-electron chi connectivity index (χ1n) is 12.0. The molecule has 1 aliphatic rings. The van der Waals surface area contributed by atoms with E-state index in [1.165, 1.54) is 30.7 Å². The Morgan fingerprint density at radius 1 is 1.20 bits per heavy atom. The van der Waals surface area contributed by atoms with Gasteiger partial charge < -0.3 is 19.3 Å². The number of likely N-dealkylation sites (N-methyl/N-ethyl adjacent to an activating group) is 1. The molecular formula is C22H27ClN2O4S. The Kier molecular flexibility index (Phi) is 5.88. The summed E-state index contributed by atoms with van der Waals surface area (Å²) >= 11 is 1.33. The zero-order valence-corrected chi connectivity index (χ0v) is 18.2. The lowest BCUT2D eigenvalue weighted by Gasteiger charge is -2.28. The highest BCUT2D eigenvalue weighted by Crippen LogP contribution is 2.46. The van der Waals surface area contributed by atoms with E-state index in [-0.39, 0.29) is 19.0 Å². The topological polar surface area (TPSA) is 59.1 Å². The lowest BCUT2D eigenvalue weighted by molar-refractivity contribution is -0.152. The Morgan fingerprint density at radius 3 is 2.53 bits per heavy atom. The number of amides is 1. The summed E-state index contributed by atoms with van der Waals surface area (Å²) in [5, 5.41) is -0.607. The Labute approximate surface area is 196 Å². The molecule has 0 N–H and O–H groups in total. The van der Waals surface area contributed by atoms with Gasteiger partial charge in [0.05, 0.1) is 18.0 Å². The molecule has 0 aliphatic carbocycles. The van der Waals surface area contributed by atoms with Crippen LogP contribution in [0.25, 0.3) is 0 Å². The Morgan fingerprint density at radius 2 is 1.90 bits per heavy atom. The highest BCUT2D eigenvalue weighted by Gasteiger charge is 2.40. The Hall–Kier alpha value is -2.22. The van der Waals surface area contributed by atoms with Crippen molar-refractivity contribution in [1.82, 2.24) is 4.90 Å². The third kappa shape index (κ3) is 5.47. The van der Waals surface area contributed by atoms with E-state index >= 15 is 0 Å². The fourth-order valence-corrected chi connectivity index (χ4v) is 4.46. The molecule has 162 valence electrons. The number of thioether (sulfide) groups is 1. The van der Waals surface area contributed by atoms with E-state index in [9.17, 15) is 9.59 Å². The summed E-state index contributed by atoms with van der Waals surface area (Å²) in [5.74, 6) is -0.603. The number of anilines is 1. The molecule has 30 heavy (non-hydrogen) atoms. The van der Waals surface area contributed by atoms with Crippen LogP contribution in [-0.4, -0.2) is 57.0 Å². The number of ether oxygens (including phenoxy) is 2. The van der Waals surface area contributed by atoms with E-state index in [2.05, 4.69) is 0 Å². The molecule has 0 unspecified atom stereocenters. The summed E-state index contributed by atoms with van der Waals surface area (Å²) in [6, 6.07) is 14.1. The van der Waals surface area contributed by atoms with E-state index in [0.717, 1.165) is 5.56 Å². The maximum Gasteiger partial charge on any atom is 0.303 e. The molecule has 0 radical (unpaired) electrons. The maximum absolute atomic E-state index is 13.8. The van der Waals surface area contributed by atoms with Gasteiger partial charge in [-0.15, -0.1) is 24.2 Å². The molecule has 0 bridgehead atoms. The number of carbonyl (C=O) groups is 2. The van der Waals surface area contributed by atoms with Crippen molar-refractivity contribution in [3.63, 3.8) is 0 Å². The van der Waals surface area contributed by atoms with Crippen molar-refractivity contribution >= 4 is 41.7 Å². The number of esters is 1. The van der Waals surface area contributed by atoms with Crippen molar-refractivity contribution in [2.24, 2.45) is 0 Å².